The molecule has 10 nitrogen and oxygen atoms in total. The lowest BCUT2D eigenvalue weighted by Gasteiger charge is -2.27. The van der Waals surface area contributed by atoms with Crippen LogP contribution in [0.2, 0.25) is 0 Å². The molecule has 13 heteroatoms. The number of anilines is 3. The number of rotatable bonds is 9. The van der Waals surface area contributed by atoms with E-state index in [1.54, 1.807) is 30.6 Å². The van der Waals surface area contributed by atoms with Gasteiger partial charge in [0.05, 0.1) is 62.6 Å². The first-order valence-corrected chi connectivity index (χ1v) is 17.1. The topological polar surface area (TPSA) is 134 Å². The largest absolute Gasteiger partial charge is 0.378 e. The summed E-state index contributed by atoms with van der Waals surface area (Å²) >= 11 is 1.47. The van der Waals surface area contributed by atoms with Crippen LogP contribution in [0.1, 0.15) is 35.9 Å². The summed E-state index contributed by atoms with van der Waals surface area (Å²) in [6.45, 7) is 7.00. The number of sulfone groups is 1. The van der Waals surface area contributed by atoms with Gasteiger partial charge in [-0.15, -0.1) is 11.3 Å². The van der Waals surface area contributed by atoms with Gasteiger partial charge in [-0.2, -0.15) is 5.26 Å². The normalized spacial score (nSPS) is 13.5. The van der Waals surface area contributed by atoms with E-state index in [4.69, 9.17) is 14.7 Å². The number of thiazole rings is 1. The standard InChI is InChI=1S/C33H30FN7O3S2/c1-21(2)32-40-30(22-7-9-26(34)24(17-22)20-46(42,43)28-6-4-3-5-23(28)18-35)31(45-32)27-11-12-36-33(39-27)38-25-8-10-29(37-19-25)41-13-15-44-16-14-41/h3-12,17,19,21H,13-16,20H2,1-2H3,(H,36,38,39). The first-order chi connectivity index (χ1) is 22.2. The highest BCUT2D eigenvalue weighted by atomic mass is 32.2. The van der Waals surface area contributed by atoms with Gasteiger partial charge in [-0.1, -0.05) is 26.0 Å². The summed E-state index contributed by atoms with van der Waals surface area (Å²) in [5, 5.41) is 13.5. The summed E-state index contributed by atoms with van der Waals surface area (Å²) in [6.07, 6.45) is 3.38. The van der Waals surface area contributed by atoms with Gasteiger partial charge in [-0.25, -0.2) is 32.7 Å². The van der Waals surface area contributed by atoms with Gasteiger partial charge in [0.25, 0.3) is 0 Å². The fourth-order valence-corrected chi connectivity index (χ4v) is 7.59. The Balaban J connectivity index is 1.31. The number of benzene rings is 2. The van der Waals surface area contributed by atoms with Crippen LogP contribution in [-0.4, -0.2) is 54.7 Å². The van der Waals surface area contributed by atoms with E-state index >= 15 is 4.39 Å². The monoisotopic (exact) mass is 655 g/mol. The average Bonchev–Trinajstić information content (AvgIpc) is 3.53. The van der Waals surface area contributed by atoms with Crippen LogP contribution in [0.5, 0.6) is 0 Å². The number of ether oxygens (including phenoxy) is 1. The summed E-state index contributed by atoms with van der Waals surface area (Å²) in [7, 11) is -4.02. The van der Waals surface area contributed by atoms with Gasteiger partial charge in [0.1, 0.15) is 17.7 Å². The first kappa shape index (κ1) is 31.2. The number of nitrogens with one attached hydrogen (secondary N) is 1. The molecular weight excluding hydrogens is 626 g/mol. The van der Waals surface area contributed by atoms with E-state index in [-0.39, 0.29) is 21.9 Å². The van der Waals surface area contributed by atoms with Crippen LogP contribution in [0, 0.1) is 17.1 Å². The molecule has 1 fully saturated rings. The first-order valence-electron chi connectivity index (χ1n) is 14.6. The SMILES string of the molecule is CC(C)c1nc(-c2ccc(F)c(CS(=O)(=O)c3ccccc3C#N)c2)c(-c2ccnc(Nc3ccc(N4CCOCC4)nc3)n2)s1. The molecule has 0 bridgehead atoms. The predicted molar refractivity (Wildman–Crippen MR) is 175 cm³/mol. The Bertz CT molecular complexity index is 2020. The van der Waals surface area contributed by atoms with Crippen LogP contribution in [0.15, 0.2) is 78.0 Å². The molecule has 1 N–H and O–H groups in total. The Labute approximate surface area is 270 Å². The van der Waals surface area contributed by atoms with Crippen LogP contribution in [0.3, 0.4) is 0 Å². The molecule has 234 valence electrons. The van der Waals surface area contributed by atoms with Crippen LogP contribution >= 0.6 is 11.3 Å². The van der Waals surface area contributed by atoms with Crippen molar-refractivity contribution in [3.05, 3.63) is 95.0 Å². The number of nitriles is 1. The van der Waals surface area contributed by atoms with Gasteiger partial charge in [-0.05, 0) is 48.5 Å². The summed E-state index contributed by atoms with van der Waals surface area (Å²) in [5.41, 5.74) is 2.44. The summed E-state index contributed by atoms with van der Waals surface area (Å²) in [4.78, 5) is 21.4. The number of pyridine rings is 1. The molecule has 1 aliphatic heterocycles. The summed E-state index contributed by atoms with van der Waals surface area (Å²) in [5.74, 6) is 0.0767. The summed E-state index contributed by atoms with van der Waals surface area (Å²) in [6, 6.07) is 17.8. The molecule has 0 aliphatic carbocycles. The van der Waals surface area contributed by atoms with Crippen LogP contribution < -0.4 is 10.2 Å². The zero-order chi connectivity index (χ0) is 32.3. The van der Waals surface area contributed by atoms with Crippen molar-refractivity contribution in [1.29, 1.82) is 5.26 Å². The maximum atomic E-state index is 15.1. The number of nitrogens with zero attached hydrogens (tertiary/aromatic N) is 6. The number of hydrogen-bond acceptors (Lipinski definition) is 11. The molecule has 0 atom stereocenters. The Morgan fingerprint density at radius 3 is 2.61 bits per heavy atom. The smallest absolute Gasteiger partial charge is 0.227 e. The molecule has 46 heavy (non-hydrogen) atoms. The van der Waals surface area contributed by atoms with Crippen LogP contribution in [0.4, 0.5) is 21.8 Å². The molecule has 4 heterocycles. The Morgan fingerprint density at radius 1 is 1.07 bits per heavy atom. The molecule has 0 radical (unpaired) electrons. The Hall–Kier alpha value is -4.77. The second-order valence-electron chi connectivity index (χ2n) is 11.0. The van der Waals surface area contributed by atoms with E-state index < -0.39 is 21.4 Å². The van der Waals surface area contributed by atoms with Crippen molar-refractivity contribution < 1.29 is 17.5 Å². The molecule has 1 aliphatic rings. The molecule has 5 aromatic rings. The molecule has 0 spiro atoms. The van der Waals surface area contributed by atoms with Gasteiger partial charge in [0.15, 0.2) is 9.84 Å². The molecule has 6 rings (SSSR count). The minimum absolute atomic E-state index is 0.0134. The van der Waals surface area contributed by atoms with Crippen molar-refractivity contribution in [3.8, 4) is 27.9 Å². The maximum absolute atomic E-state index is 15.1. The molecular formula is C33H30FN7O3S2. The van der Waals surface area contributed by atoms with Crippen molar-refractivity contribution in [2.45, 2.75) is 30.4 Å². The summed E-state index contributed by atoms with van der Waals surface area (Å²) < 4.78 is 47.1. The van der Waals surface area contributed by atoms with E-state index in [0.717, 1.165) is 34.5 Å². The van der Waals surface area contributed by atoms with E-state index in [2.05, 4.69) is 20.2 Å². The van der Waals surface area contributed by atoms with E-state index in [9.17, 15) is 13.7 Å². The molecule has 0 amide bonds. The third kappa shape index (κ3) is 6.74. The molecule has 0 unspecified atom stereocenters. The highest BCUT2D eigenvalue weighted by Crippen LogP contribution is 2.39. The quantitative estimate of drug-likeness (QED) is 0.191. The molecule has 0 saturated carbocycles. The van der Waals surface area contributed by atoms with E-state index in [1.807, 2.05) is 32.0 Å². The molecule has 1 saturated heterocycles. The average molecular weight is 656 g/mol. The fraction of sp³-hybridized carbons (Fsp3) is 0.242. The molecule has 3 aromatic heterocycles. The zero-order valence-electron chi connectivity index (χ0n) is 25.1. The third-order valence-electron chi connectivity index (χ3n) is 7.37. The number of morpholine rings is 1. The van der Waals surface area contributed by atoms with Crippen molar-refractivity contribution in [3.63, 3.8) is 0 Å². The third-order valence-corrected chi connectivity index (χ3v) is 10.5. The fourth-order valence-electron chi connectivity index (χ4n) is 5.01. The van der Waals surface area contributed by atoms with E-state index in [0.29, 0.717) is 36.1 Å². The van der Waals surface area contributed by atoms with Gasteiger partial charge in [0.2, 0.25) is 5.95 Å². The Morgan fingerprint density at radius 2 is 1.87 bits per heavy atom. The van der Waals surface area contributed by atoms with Crippen molar-refractivity contribution >= 4 is 38.6 Å². The van der Waals surface area contributed by atoms with Crippen molar-refractivity contribution in [1.82, 2.24) is 19.9 Å². The van der Waals surface area contributed by atoms with Crippen molar-refractivity contribution in [2.75, 3.05) is 36.5 Å². The van der Waals surface area contributed by atoms with Crippen LogP contribution in [0.25, 0.3) is 21.8 Å². The second-order valence-corrected chi connectivity index (χ2v) is 13.9. The maximum Gasteiger partial charge on any atom is 0.227 e. The van der Waals surface area contributed by atoms with Crippen molar-refractivity contribution in [2.24, 2.45) is 0 Å². The lowest BCUT2D eigenvalue weighted by Crippen LogP contribution is -2.36. The lowest BCUT2D eigenvalue weighted by atomic mass is 10.1. The van der Waals surface area contributed by atoms with Crippen LogP contribution in [-0.2, 0) is 20.3 Å². The predicted octanol–water partition coefficient (Wildman–Crippen LogP) is 6.35. The highest BCUT2D eigenvalue weighted by Gasteiger charge is 2.24. The lowest BCUT2D eigenvalue weighted by molar-refractivity contribution is 0.122. The highest BCUT2D eigenvalue weighted by molar-refractivity contribution is 7.90. The van der Waals surface area contributed by atoms with Gasteiger partial charge in [0, 0.05) is 36.3 Å². The van der Waals surface area contributed by atoms with Gasteiger partial charge in [-0.3, -0.25) is 0 Å². The van der Waals surface area contributed by atoms with Gasteiger partial charge < -0.3 is 15.0 Å². The Kier molecular flexibility index (Phi) is 9.03. The number of aromatic nitrogens is 4. The van der Waals surface area contributed by atoms with E-state index in [1.165, 1.54) is 41.7 Å². The zero-order valence-corrected chi connectivity index (χ0v) is 26.8. The number of halogens is 1. The minimum atomic E-state index is -4.02. The second kappa shape index (κ2) is 13.3. The molecule has 2 aromatic carbocycles. The van der Waals surface area contributed by atoms with Gasteiger partial charge >= 0.3 is 0 Å². The minimum Gasteiger partial charge on any atom is -0.378 e. The number of hydrogen-bond donors (Lipinski definition) is 1.